The number of hydrogen-bond acceptors (Lipinski definition) is 6. The number of rotatable bonds is 5. The molecule has 0 bridgehead atoms. The lowest BCUT2D eigenvalue weighted by molar-refractivity contribution is 0.386. The van der Waals surface area contributed by atoms with Crippen molar-refractivity contribution in [2.75, 3.05) is 19.1 Å². The van der Waals surface area contributed by atoms with E-state index in [4.69, 9.17) is 4.74 Å². The highest BCUT2D eigenvalue weighted by atomic mass is 16.5. The van der Waals surface area contributed by atoms with Gasteiger partial charge in [0.15, 0.2) is 5.57 Å². The summed E-state index contributed by atoms with van der Waals surface area (Å²) in [6.45, 7) is 0. The molecule has 0 unspecified atom stereocenters. The lowest BCUT2D eigenvalue weighted by atomic mass is 10.2. The molecular weight excluding hydrogens is 292 g/mol. The fourth-order valence-electron chi connectivity index (χ4n) is 1.92. The molecule has 0 radical (unpaired) electrons. The minimum atomic E-state index is -0.00770. The van der Waals surface area contributed by atoms with Gasteiger partial charge in [-0.3, -0.25) is 0 Å². The summed E-state index contributed by atoms with van der Waals surface area (Å²) in [7, 11) is 3.29. The highest BCUT2D eigenvalue weighted by molar-refractivity contribution is 5.61. The van der Waals surface area contributed by atoms with Crippen LogP contribution in [0.3, 0.4) is 0 Å². The van der Waals surface area contributed by atoms with Crippen LogP contribution in [0.2, 0.25) is 0 Å². The first kappa shape index (κ1) is 15.8. The van der Waals surface area contributed by atoms with Crippen LogP contribution in [0.15, 0.2) is 53.9 Å². The second kappa shape index (κ2) is 7.43. The molecular formula is C16H14N6O. The van der Waals surface area contributed by atoms with Gasteiger partial charge in [0.1, 0.15) is 18.3 Å². The topological polar surface area (TPSA) is 90.8 Å². The van der Waals surface area contributed by atoms with Gasteiger partial charge in [0.25, 0.3) is 0 Å². The number of nitriles is 2. The molecule has 0 aliphatic heterocycles. The summed E-state index contributed by atoms with van der Waals surface area (Å²) < 4.78 is 6.51. The van der Waals surface area contributed by atoms with Crippen LogP contribution in [0.25, 0.3) is 6.20 Å². The van der Waals surface area contributed by atoms with Crippen molar-refractivity contribution in [1.82, 2.24) is 15.0 Å². The lowest BCUT2D eigenvalue weighted by Gasteiger charge is -2.20. The monoisotopic (exact) mass is 306 g/mol. The van der Waals surface area contributed by atoms with Crippen LogP contribution >= 0.6 is 0 Å². The molecule has 0 aliphatic carbocycles. The van der Waals surface area contributed by atoms with Crippen LogP contribution < -0.4 is 9.64 Å². The van der Waals surface area contributed by atoms with Crippen LogP contribution in [0.5, 0.6) is 5.88 Å². The van der Waals surface area contributed by atoms with Gasteiger partial charge in [-0.2, -0.15) is 15.2 Å². The SMILES string of the molecule is COc1cnnn1/C=C/C(=C(C#N)C#N)N(C)c1ccccc1. The number of benzene rings is 1. The van der Waals surface area contributed by atoms with Crippen molar-refractivity contribution in [3.8, 4) is 18.0 Å². The van der Waals surface area contributed by atoms with Crippen LogP contribution in [0.1, 0.15) is 0 Å². The number of methoxy groups -OCH3 is 1. The molecule has 0 aliphatic rings. The van der Waals surface area contributed by atoms with Crippen LogP contribution in [0.4, 0.5) is 5.69 Å². The maximum Gasteiger partial charge on any atom is 0.236 e. The molecule has 0 spiro atoms. The van der Waals surface area contributed by atoms with Crippen molar-refractivity contribution in [2.24, 2.45) is 0 Å². The number of aromatic nitrogens is 3. The van der Waals surface area contributed by atoms with Gasteiger partial charge in [0, 0.05) is 18.9 Å². The number of allylic oxidation sites excluding steroid dienone is 2. The zero-order chi connectivity index (χ0) is 16.7. The van der Waals surface area contributed by atoms with E-state index in [0.29, 0.717) is 11.6 Å². The fraction of sp³-hybridized carbons (Fsp3) is 0.125. The maximum atomic E-state index is 9.20. The second-order valence-electron chi connectivity index (χ2n) is 4.42. The Morgan fingerprint density at radius 3 is 2.57 bits per heavy atom. The summed E-state index contributed by atoms with van der Waals surface area (Å²) in [5, 5.41) is 26.0. The van der Waals surface area contributed by atoms with Gasteiger partial charge in [-0.15, -0.1) is 5.10 Å². The Bertz CT molecular complexity index is 791. The molecule has 2 aromatic rings. The summed E-state index contributed by atoms with van der Waals surface area (Å²) in [6, 6.07) is 13.2. The van der Waals surface area contributed by atoms with Crippen LogP contribution in [-0.2, 0) is 0 Å². The largest absolute Gasteiger partial charge is 0.480 e. The number of hydrogen-bond donors (Lipinski definition) is 0. The zero-order valence-corrected chi connectivity index (χ0v) is 12.7. The molecule has 0 saturated heterocycles. The predicted octanol–water partition coefficient (Wildman–Crippen LogP) is 2.20. The molecule has 2 rings (SSSR count). The molecule has 114 valence electrons. The minimum Gasteiger partial charge on any atom is -0.480 e. The number of para-hydroxylation sites is 1. The highest BCUT2D eigenvalue weighted by Gasteiger charge is 2.11. The molecule has 0 atom stereocenters. The average Bonchev–Trinajstić information content (AvgIpc) is 3.06. The molecule has 1 heterocycles. The van der Waals surface area contributed by atoms with E-state index in [9.17, 15) is 10.5 Å². The van der Waals surface area contributed by atoms with Crippen molar-refractivity contribution in [1.29, 1.82) is 10.5 Å². The smallest absolute Gasteiger partial charge is 0.236 e. The van der Waals surface area contributed by atoms with Gasteiger partial charge in [0.2, 0.25) is 5.88 Å². The van der Waals surface area contributed by atoms with Gasteiger partial charge in [-0.1, -0.05) is 23.4 Å². The minimum absolute atomic E-state index is 0.00770. The van der Waals surface area contributed by atoms with Gasteiger partial charge >= 0.3 is 0 Å². The standard InChI is InChI=1S/C16H14N6O/c1-21(14-6-4-3-5-7-14)15(13(10-17)11-18)8-9-22-16(23-2)12-19-20-22/h3-9,12H,1-2H3/b9-8+. The van der Waals surface area contributed by atoms with Crippen LogP contribution in [0, 0.1) is 22.7 Å². The molecule has 1 aromatic heterocycles. The third-order valence-electron chi connectivity index (χ3n) is 3.11. The normalized spacial score (nSPS) is 9.91. The van der Waals surface area contributed by atoms with Gasteiger partial charge in [-0.25, -0.2) is 0 Å². The molecule has 1 aromatic carbocycles. The maximum absolute atomic E-state index is 9.20. The third kappa shape index (κ3) is 3.55. The Morgan fingerprint density at radius 1 is 1.26 bits per heavy atom. The number of ether oxygens (including phenoxy) is 1. The average molecular weight is 306 g/mol. The molecule has 0 amide bonds. The van der Waals surface area contributed by atoms with Crippen molar-refractivity contribution < 1.29 is 4.74 Å². The first-order valence-corrected chi connectivity index (χ1v) is 6.67. The van der Waals surface area contributed by atoms with E-state index < -0.39 is 0 Å². The Morgan fingerprint density at radius 2 is 1.96 bits per heavy atom. The fourth-order valence-corrected chi connectivity index (χ4v) is 1.92. The quantitative estimate of drug-likeness (QED) is 0.621. The Hall–Kier alpha value is -3.58. The predicted molar refractivity (Wildman–Crippen MR) is 85.0 cm³/mol. The van der Waals surface area contributed by atoms with Gasteiger partial charge < -0.3 is 9.64 Å². The Balaban J connectivity index is 2.43. The summed E-state index contributed by atoms with van der Waals surface area (Å²) in [5.74, 6) is 0.443. The summed E-state index contributed by atoms with van der Waals surface area (Å²) in [4.78, 5) is 1.75. The van der Waals surface area contributed by atoms with E-state index >= 15 is 0 Å². The van der Waals surface area contributed by atoms with Crippen molar-refractivity contribution in [2.45, 2.75) is 0 Å². The number of nitrogens with zero attached hydrogens (tertiary/aromatic N) is 6. The lowest BCUT2D eigenvalue weighted by Crippen LogP contribution is -2.16. The molecule has 7 heteroatoms. The molecule has 0 fully saturated rings. The number of anilines is 1. The van der Waals surface area contributed by atoms with Crippen molar-refractivity contribution in [3.63, 3.8) is 0 Å². The first-order chi connectivity index (χ1) is 11.2. The molecule has 7 nitrogen and oxygen atoms in total. The molecule has 0 saturated carbocycles. The van der Waals surface area contributed by atoms with E-state index in [1.807, 2.05) is 42.5 Å². The van der Waals surface area contributed by atoms with Gasteiger partial charge in [0.05, 0.1) is 12.8 Å². The van der Waals surface area contributed by atoms with Crippen molar-refractivity contribution >= 4 is 11.9 Å². The highest BCUT2D eigenvalue weighted by Crippen LogP contribution is 2.20. The van der Waals surface area contributed by atoms with E-state index in [0.717, 1.165) is 5.69 Å². The molecule has 0 N–H and O–H groups in total. The third-order valence-corrected chi connectivity index (χ3v) is 3.11. The van der Waals surface area contributed by atoms with E-state index in [1.54, 1.807) is 24.2 Å². The van der Waals surface area contributed by atoms with E-state index in [-0.39, 0.29) is 5.57 Å². The Labute approximate surface area is 133 Å². The first-order valence-electron chi connectivity index (χ1n) is 6.67. The van der Waals surface area contributed by atoms with Gasteiger partial charge in [-0.05, 0) is 18.2 Å². The Kier molecular flexibility index (Phi) is 5.11. The van der Waals surface area contributed by atoms with Crippen LogP contribution in [-0.4, -0.2) is 29.2 Å². The molecule has 23 heavy (non-hydrogen) atoms. The van der Waals surface area contributed by atoms with Crippen molar-refractivity contribution in [3.05, 3.63) is 53.9 Å². The zero-order valence-electron chi connectivity index (χ0n) is 12.7. The van der Waals surface area contributed by atoms with E-state index in [1.165, 1.54) is 18.0 Å². The number of likely N-dealkylation sites (N-methyl/N-ethyl adjacent to an activating group) is 1. The van der Waals surface area contributed by atoms with E-state index in [2.05, 4.69) is 10.3 Å². The second-order valence-corrected chi connectivity index (χ2v) is 4.42. The summed E-state index contributed by atoms with van der Waals surface area (Å²) >= 11 is 0. The summed E-state index contributed by atoms with van der Waals surface area (Å²) in [6.07, 6.45) is 4.66. The summed E-state index contributed by atoms with van der Waals surface area (Å²) in [5.41, 5.74) is 1.28.